The van der Waals surface area contributed by atoms with Crippen molar-refractivity contribution < 1.29 is 0 Å². The Kier molecular flexibility index (Phi) is 1.58. The van der Waals surface area contributed by atoms with Gasteiger partial charge in [-0.15, -0.1) is 0 Å². The molecule has 0 amide bonds. The summed E-state index contributed by atoms with van der Waals surface area (Å²) in [5.74, 6) is 0.758. The van der Waals surface area contributed by atoms with Crippen molar-refractivity contribution in [2.75, 3.05) is 18.1 Å². The first kappa shape index (κ1) is 7.85. The van der Waals surface area contributed by atoms with Crippen molar-refractivity contribution in [1.82, 2.24) is 14.5 Å². The van der Waals surface area contributed by atoms with Gasteiger partial charge in [0, 0.05) is 20.2 Å². The summed E-state index contributed by atoms with van der Waals surface area (Å²) in [6.07, 6.45) is 1.70. The maximum absolute atomic E-state index is 5.79. The normalized spacial score (nSPS) is 10.6. The van der Waals surface area contributed by atoms with Gasteiger partial charge in [0.1, 0.15) is 11.3 Å². The average molecular weight is 177 g/mol. The van der Waals surface area contributed by atoms with Gasteiger partial charge < -0.3 is 15.6 Å². The average Bonchev–Trinajstić information content (AvgIpc) is 2.48. The lowest BCUT2D eigenvalue weighted by molar-refractivity contribution is 0.931. The van der Waals surface area contributed by atoms with Gasteiger partial charge in [-0.25, -0.2) is 9.97 Å². The highest BCUT2D eigenvalue weighted by Gasteiger charge is 2.06. The maximum atomic E-state index is 5.79. The van der Waals surface area contributed by atoms with Crippen molar-refractivity contribution in [3.05, 3.63) is 12.4 Å². The second-order valence-corrected chi connectivity index (χ2v) is 2.87. The van der Waals surface area contributed by atoms with Gasteiger partial charge >= 0.3 is 0 Å². The lowest BCUT2D eigenvalue weighted by Crippen LogP contribution is -1.98. The zero-order valence-corrected chi connectivity index (χ0v) is 7.57. The van der Waals surface area contributed by atoms with Gasteiger partial charge in [0.05, 0.1) is 12.0 Å². The number of aryl methyl sites for hydroxylation is 1. The SMILES string of the molecule is CNc1cc(N)c2ncn(C)c2n1. The number of anilines is 2. The molecule has 0 aliphatic heterocycles. The monoisotopic (exact) mass is 177 g/mol. The summed E-state index contributed by atoms with van der Waals surface area (Å²) >= 11 is 0. The molecule has 2 aromatic rings. The molecule has 0 fully saturated rings. The molecule has 0 aliphatic rings. The number of pyridine rings is 1. The van der Waals surface area contributed by atoms with Gasteiger partial charge in [0.25, 0.3) is 0 Å². The van der Waals surface area contributed by atoms with Crippen LogP contribution in [0.5, 0.6) is 0 Å². The molecular formula is C8H11N5. The highest BCUT2D eigenvalue weighted by atomic mass is 15.1. The van der Waals surface area contributed by atoms with E-state index in [-0.39, 0.29) is 0 Å². The van der Waals surface area contributed by atoms with Crippen LogP contribution in [0, 0.1) is 0 Å². The van der Waals surface area contributed by atoms with Crippen molar-refractivity contribution in [2.24, 2.45) is 7.05 Å². The Morgan fingerprint density at radius 2 is 2.31 bits per heavy atom. The number of nitrogens with two attached hydrogens (primary N) is 1. The van der Waals surface area contributed by atoms with Crippen molar-refractivity contribution in [3.8, 4) is 0 Å². The summed E-state index contributed by atoms with van der Waals surface area (Å²) in [6, 6.07) is 1.77. The lowest BCUT2D eigenvalue weighted by Gasteiger charge is -2.01. The minimum absolute atomic E-state index is 0.648. The van der Waals surface area contributed by atoms with E-state index >= 15 is 0 Å². The first-order chi connectivity index (χ1) is 6.22. The number of fused-ring (bicyclic) bond motifs is 1. The third-order valence-corrected chi connectivity index (χ3v) is 1.95. The molecule has 0 saturated heterocycles. The van der Waals surface area contributed by atoms with E-state index < -0.39 is 0 Å². The highest BCUT2D eigenvalue weighted by Crippen LogP contribution is 2.20. The maximum Gasteiger partial charge on any atom is 0.164 e. The Balaban J connectivity index is 2.80. The molecule has 0 spiro atoms. The predicted molar refractivity (Wildman–Crippen MR) is 52.5 cm³/mol. The van der Waals surface area contributed by atoms with E-state index in [2.05, 4.69) is 15.3 Å². The Hall–Kier alpha value is -1.78. The van der Waals surface area contributed by atoms with E-state index in [0.717, 1.165) is 17.0 Å². The van der Waals surface area contributed by atoms with E-state index in [0.29, 0.717) is 5.69 Å². The molecule has 0 aromatic carbocycles. The second-order valence-electron chi connectivity index (χ2n) is 2.87. The van der Waals surface area contributed by atoms with Crippen LogP contribution in [0.3, 0.4) is 0 Å². The molecule has 13 heavy (non-hydrogen) atoms. The van der Waals surface area contributed by atoms with Crippen LogP contribution in [0.25, 0.3) is 11.2 Å². The summed E-state index contributed by atoms with van der Waals surface area (Å²) < 4.78 is 1.84. The zero-order valence-electron chi connectivity index (χ0n) is 7.57. The van der Waals surface area contributed by atoms with Gasteiger partial charge in [0.15, 0.2) is 5.65 Å². The minimum Gasteiger partial charge on any atom is -0.397 e. The molecule has 5 nitrogen and oxygen atoms in total. The van der Waals surface area contributed by atoms with Crippen molar-refractivity contribution >= 4 is 22.7 Å². The number of nitrogen functional groups attached to an aromatic ring is 1. The summed E-state index contributed by atoms with van der Waals surface area (Å²) in [4.78, 5) is 8.46. The van der Waals surface area contributed by atoms with Gasteiger partial charge in [-0.2, -0.15) is 0 Å². The smallest absolute Gasteiger partial charge is 0.164 e. The predicted octanol–water partition coefficient (Wildman–Crippen LogP) is 0.592. The number of hydrogen-bond acceptors (Lipinski definition) is 4. The highest BCUT2D eigenvalue weighted by molar-refractivity contribution is 5.86. The fourth-order valence-electron chi connectivity index (χ4n) is 1.25. The fraction of sp³-hybridized carbons (Fsp3) is 0.250. The molecule has 0 atom stereocenters. The van der Waals surface area contributed by atoms with Crippen LogP contribution in [0.1, 0.15) is 0 Å². The van der Waals surface area contributed by atoms with Crippen LogP contribution < -0.4 is 11.1 Å². The van der Waals surface area contributed by atoms with Crippen LogP contribution in [0.2, 0.25) is 0 Å². The summed E-state index contributed by atoms with van der Waals surface area (Å²) in [6.45, 7) is 0. The van der Waals surface area contributed by atoms with Crippen LogP contribution in [-0.2, 0) is 7.05 Å². The Labute approximate surface area is 75.6 Å². The molecule has 2 aromatic heterocycles. The van der Waals surface area contributed by atoms with Gasteiger partial charge in [0.2, 0.25) is 0 Å². The number of hydrogen-bond donors (Lipinski definition) is 2. The van der Waals surface area contributed by atoms with Crippen LogP contribution >= 0.6 is 0 Å². The van der Waals surface area contributed by atoms with E-state index in [1.165, 1.54) is 0 Å². The summed E-state index contributed by atoms with van der Waals surface area (Å²) in [7, 11) is 3.70. The molecule has 0 bridgehead atoms. The molecule has 0 aliphatic carbocycles. The quantitative estimate of drug-likeness (QED) is 0.669. The molecule has 2 heterocycles. The van der Waals surface area contributed by atoms with Crippen molar-refractivity contribution in [3.63, 3.8) is 0 Å². The van der Waals surface area contributed by atoms with E-state index in [1.54, 1.807) is 12.4 Å². The van der Waals surface area contributed by atoms with E-state index in [1.807, 2.05) is 18.7 Å². The first-order valence-corrected chi connectivity index (χ1v) is 3.97. The summed E-state index contributed by atoms with van der Waals surface area (Å²) in [5.41, 5.74) is 7.99. The topological polar surface area (TPSA) is 68.8 Å². The van der Waals surface area contributed by atoms with Gasteiger partial charge in [-0.05, 0) is 0 Å². The number of nitrogens with zero attached hydrogens (tertiary/aromatic N) is 3. The molecule has 68 valence electrons. The standard InChI is InChI=1S/C8H11N5/c1-10-6-3-5(9)7-8(12-6)13(2)4-11-7/h3-4H,1-2H3,(H3,9,10,12). The van der Waals surface area contributed by atoms with Crippen LogP contribution in [0.4, 0.5) is 11.5 Å². The number of rotatable bonds is 1. The Bertz CT molecular complexity index is 445. The lowest BCUT2D eigenvalue weighted by atomic mass is 10.3. The second kappa shape index (κ2) is 2.62. The first-order valence-electron chi connectivity index (χ1n) is 3.97. The number of imidazole rings is 1. The Morgan fingerprint density at radius 3 is 3.00 bits per heavy atom. The van der Waals surface area contributed by atoms with Crippen molar-refractivity contribution in [1.29, 1.82) is 0 Å². The minimum atomic E-state index is 0.648. The molecule has 2 rings (SSSR count). The number of aromatic nitrogens is 3. The van der Waals surface area contributed by atoms with Gasteiger partial charge in [-0.1, -0.05) is 0 Å². The van der Waals surface area contributed by atoms with Crippen LogP contribution in [-0.4, -0.2) is 21.6 Å². The third kappa shape index (κ3) is 1.09. The molecule has 0 radical (unpaired) electrons. The molecule has 5 heteroatoms. The third-order valence-electron chi connectivity index (χ3n) is 1.95. The largest absolute Gasteiger partial charge is 0.397 e. The fourth-order valence-corrected chi connectivity index (χ4v) is 1.25. The van der Waals surface area contributed by atoms with Gasteiger partial charge in [-0.3, -0.25) is 0 Å². The van der Waals surface area contributed by atoms with E-state index in [4.69, 9.17) is 5.73 Å². The zero-order chi connectivity index (χ0) is 9.42. The van der Waals surface area contributed by atoms with E-state index in [9.17, 15) is 0 Å². The molecule has 0 unspecified atom stereocenters. The van der Waals surface area contributed by atoms with Crippen LogP contribution in [0.15, 0.2) is 12.4 Å². The molecule has 3 N–H and O–H groups in total. The van der Waals surface area contributed by atoms with Crippen molar-refractivity contribution in [2.45, 2.75) is 0 Å². The Morgan fingerprint density at radius 1 is 1.54 bits per heavy atom. The summed E-state index contributed by atoms with van der Waals surface area (Å²) in [5, 5.41) is 2.94. The number of nitrogens with one attached hydrogen (secondary N) is 1. The molecule has 0 saturated carbocycles. The molecular weight excluding hydrogens is 166 g/mol.